The molecule has 0 fully saturated rings. The fourth-order valence-electron chi connectivity index (χ4n) is 1.66. The molecular formula is C14H22N2O3. The van der Waals surface area contributed by atoms with Gasteiger partial charge >= 0.3 is 5.97 Å². The number of nitrogens with zero attached hydrogens (tertiary/aromatic N) is 1. The molecule has 1 rings (SSSR count). The summed E-state index contributed by atoms with van der Waals surface area (Å²) in [5.41, 5.74) is 6.37. The molecule has 0 radical (unpaired) electrons. The first-order valence-corrected chi connectivity index (χ1v) is 6.69. The summed E-state index contributed by atoms with van der Waals surface area (Å²) < 4.78 is 10.6. The second-order valence-electron chi connectivity index (χ2n) is 4.17. The molecule has 1 aromatic rings. The lowest BCUT2D eigenvalue weighted by atomic mass is 10.2. The van der Waals surface area contributed by atoms with Gasteiger partial charge in [-0.15, -0.1) is 0 Å². The van der Waals surface area contributed by atoms with E-state index in [2.05, 4.69) is 4.98 Å². The minimum Gasteiger partial charge on any atom is -0.477 e. The molecule has 0 aromatic carbocycles. The van der Waals surface area contributed by atoms with Gasteiger partial charge in [-0.1, -0.05) is 13.3 Å². The largest absolute Gasteiger partial charge is 0.477 e. The maximum absolute atomic E-state index is 11.7. The molecule has 5 heteroatoms. The van der Waals surface area contributed by atoms with Crippen LogP contribution in [0.2, 0.25) is 0 Å². The van der Waals surface area contributed by atoms with Crippen LogP contribution in [0.1, 0.15) is 32.4 Å². The van der Waals surface area contributed by atoms with Crippen LogP contribution in [-0.2, 0) is 16.0 Å². The van der Waals surface area contributed by atoms with E-state index in [-0.39, 0.29) is 5.97 Å². The summed E-state index contributed by atoms with van der Waals surface area (Å²) >= 11 is 0. The first-order valence-electron chi connectivity index (χ1n) is 6.69. The van der Waals surface area contributed by atoms with Crippen molar-refractivity contribution in [3.8, 4) is 5.75 Å². The van der Waals surface area contributed by atoms with E-state index in [1.165, 1.54) is 0 Å². The van der Waals surface area contributed by atoms with Gasteiger partial charge in [0.05, 0.1) is 12.8 Å². The summed E-state index contributed by atoms with van der Waals surface area (Å²) in [7, 11) is 0. The minimum atomic E-state index is -0.563. The third-order valence-electron chi connectivity index (χ3n) is 2.58. The lowest BCUT2D eigenvalue weighted by molar-refractivity contribution is -0.151. The molecule has 1 heterocycles. The molecule has 0 amide bonds. The van der Waals surface area contributed by atoms with Crippen LogP contribution < -0.4 is 10.5 Å². The van der Waals surface area contributed by atoms with Crippen LogP contribution in [0.3, 0.4) is 0 Å². The molecule has 5 nitrogen and oxygen atoms in total. The van der Waals surface area contributed by atoms with Crippen molar-refractivity contribution >= 4 is 5.97 Å². The van der Waals surface area contributed by atoms with Crippen LogP contribution in [0.25, 0.3) is 0 Å². The molecule has 19 heavy (non-hydrogen) atoms. The Balaban J connectivity index is 2.64. The number of pyridine rings is 1. The zero-order chi connectivity index (χ0) is 14.1. The molecule has 0 aliphatic heterocycles. The van der Waals surface area contributed by atoms with Crippen LogP contribution in [0.15, 0.2) is 18.3 Å². The van der Waals surface area contributed by atoms with Gasteiger partial charge in [-0.05, 0) is 32.0 Å². The maximum atomic E-state index is 11.7. The van der Waals surface area contributed by atoms with Crippen molar-refractivity contribution in [3.05, 3.63) is 24.0 Å². The van der Waals surface area contributed by atoms with Crippen LogP contribution in [0, 0.1) is 0 Å². The van der Waals surface area contributed by atoms with Crippen molar-refractivity contribution in [2.75, 3.05) is 13.2 Å². The third-order valence-corrected chi connectivity index (χ3v) is 2.58. The minimum absolute atomic E-state index is 0.324. The van der Waals surface area contributed by atoms with Crippen LogP contribution in [0.5, 0.6) is 5.75 Å². The number of esters is 1. The van der Waals surface area contributed by atoms with E-state index < -0.39 is 6.10 Å². The second kappa shape index (κ2) is 8.48. The Kier molecular flexibility index (Phi) is 6.89. The first kappa shape index (κ1) is 15.4. The Morgan fingerprint density at radius 3 is 2.74 bits per heavy atom. The number of carbonyl (C=O) groups is 1. The van der Waals surface area contributed by atoms with Gasteiger partial charge in [0.25, 0.3) is 0 Å². The molecule has 0 bridgehead atoms. The number of aromatic nitrogens is 1. The highest BCUT2D eigenvalue weighted by atomic mass is 16.6. The number of hydrogen-bond acceptors (Lipinski definition) is 5. The molecule has 0 aliphatic rings. The zero-order valence-corrected chi connectivity index (χ0v) is 11.6. The number of nitrogens with two attached hydrogens (primary N) is 1. The fraction of sp³-hybridized carbons (Fsp3) is 0.571. The van der Waals surface area contributed by atoms with Crippen molar-refractivity contribution in [2.45, 2.75) is 39.2 Å². The molecule has 0 saturated carbocycles. The van der Waals surface area contributed by atoms with Gasteiger partial charge in [0.2, 0.25) is 0 Å². The summed E-state index contributed by atoms with van der Waals surface area (Å²) in [6.45, 7) is 4.70. The van der Waals surface area contributed by atoms with E-state index >= 15 is 0 Å². The standard InChI is InChI=1S/C14H22N2O3/c1-3-5-13(14(17)18-4-2)19-12-7-6-11(8-9-15)16-10-12/h6-7,10,13H,3-5,8-9,15H2,1-2H3. The highest BCUT2D eigenvalue weighted by Crippen LogP contribution is 2.15. The Bertz CT molecular complexity index is 379. The Labute approximate surface area is 114 Å². The molecule has 106 valence electrons. The molecule has 0 spiro atoms. The lowest BCUT2D eigenvalue weighted by Gasteiger charge is -2.16. The van der Waals surface area contributed by atoms with Gasteiger partial charge in [-0.3, -0.25) is 4.98 Å². The first-order chi connectivity index (χ1) is 9.21. The van der Waals surface area contributed by atoms with Crippen LogP contribution >= 0.6 is 0 Å². The number of rotatable bonds is 8. The van der Waals surface area contributed by atoms with E-state index in [1.54, 1.807) is 19.2 Å². The summed E-state index contributed by atoms with van der Waals surface area (Å²) in [4.78, 5) is 16.0. The summed E-state index contributed by atoms with van der Waals surface area (Å²) in [6, 6.07) is 3.66. The van der Waals surface area contributed by atoms with Crippen LogP contribution in [-0.4, -0.2) is 30.2 Å². The van der Waals surface area contributed by atoms with Gasteiger partial charge in [0.1, 0.15) is 5.75 Å². The normalized spacial score (nSPS) is 11.9. The van der Waals surface area contributed by atoms with Gasteiger partial charge in [0.15, 0.2) is 6.10 Å². The maximum Gasteiger partial charge on any atom is 0.347 e. The molecule has 1 atom stereocenters. The zero-order valence-electron chi connectivity index (χ0n) is 11.6. The van der Waals surface area contributed by atoms with Gasteiger partial charge in [0, 0.05) is 12.1 Å². The van der Waals surface area contributed by atoms with E-state index in [4.69, 9.17) is 15.2 Å². The summed E-state index contributed by atoms with van der Waals surface area (Å²) in [5, 5.41) is 0. The molecule has 2 N–H and O–H groups in total. The fourth-order valence-corrected chi connectivity index (χ4v) is 1.66. The quantitative estimate of drug-likeness (QED) is 0.725. The van der Waals surface area contributed by atoms with Crippen molar-refractivity contribution in [3.63, 3.8) is 0 Å². The smallest absolute Gasteiger partial charge is 0.347 e. The average Bonchev–Trinajstić information content (AvgIpc) is 2.41. The van der Waals surface area contributed by atoms with Crippen molar-refractivity contribution in [1.82, 2.24) is 4.98 Å². The van der Waals surface area contributed by atoms with E-state index in [1.807, 2.05) is 13.0 Å². The number of ether oxygens (including phenoxy) is 2. The summed E-state index contributed by atoms with van der Waals surface area (Å²) in [5.74, 6) is 0.252. The third kappa shape index (κ3) is 5.26. The predicted molar refractivity (Wildman–Crippen MR) is 73.0 cm³/mol. The Morgan fingerprint density at radius 2 is 2.21 bits per heavy atom. The monoisotopic (exact) mass is 266 g/mol. The van der Waals surface area contributed by atoms with E-state index in [0.29, 0.717) is 25.3 Å². The molecular weight excluding hydrogens is 244 g/mol. The Morgan fingerprint density at radius 1 is 1.42 bits per heavy atom. The molecule has 1 unspecified atom stereocenters. The topological polar surface area (TPSA) is 74.4 Å². The second-order valence-corrected chi connectivity index (χ2v) is 4.17. The van der Waals surface area contributed by atoms with E-state index in [0.717, 1.165) is 18.5 Å². The van der Waals surface area contributed by atoms with Crippen molar-refractivity contribution in [2.24, 2.45) is 5.73 Å². The molecule has 1 aromatic heterocycles. The van der Waals surface area contributed by atoms with Gasteiger partial charge in [-0.25, -0.2) is 4.79 Å². The van der Waals surface area contributed by atoms with Crippen molar-refractivity contribution in [1.29, 1.82) is 0 Å². The van der Waals surface area contributed by atoms with Crippen LogP contribution in [0.4, 0.5) is 0 Å². The SMILES string of the molecule is CCCC(Oc1ccc(CCN)nc1)C(=O)OCC. The predicted octanol–water partition coefficient (Wildman–Crippen LogP) is 1.69. The molecule has 0 saturated heterocycles. The Hall–Kier alpha value is -1.62. The lowest BCUT2D eigenvalue weighted by Crippen LogP contribution is -2.29. The highest BCUT2D eigenvalue weighted by Gasteiger charge is 2.20. The van der Waals surface area contributed by atoms with Gasteiger partial charge in [-0.2, -0.15) is 0 Å². The highest BCUT2D eigenvalue weighted by molar-refractivity contribution is 5.75. The van der Waals surface area contributed by atoms with E-state index in [9.17, 15) is 4.79 Å². The van der Waals surface area contributed by atoms with Crippen molar-refractivity contribution < 1.29 is 14.3 Å². The molecule has 0 aliphatic carbocycles. The van der Waals surface area contributed by atoms with Gasteiger partial charge < -0.3 is 15.2 Å². The number of carbonyl (C=O) groups excluding carboxylic acids is 1. The number of hydrogen-bond donors (Lipinski definition) is 1. The average molecular weight is 266 g/mol. The summed E-state index contributed by atoms with van der Waals surface area (Å²) in [6.07, 6.45) is 3.27.